The van der Waals surface area contributed by atoms with E-state index in [9.17, 15) is 49.6 Å². The van der Waals surface area contributed by atoms with Crippen LogP contribution in [0.25, 0.3) is 33.2 Å². The molecule has 2 saturated heterocycles. The SMILES string of the molecule is C1COCCN1.CC(=O)OC(C)=O.CS(=O)(=O)c1cc([C@H](CC=O)NC(=O)c2cncc3c2cnn3-c2ccc(F)cc2)ccn1.CS(=O)(=O)c1cc([C@H](CCN2CCOCC2)NC(=O)c2cncc3c2cnn3-c2ccc(F)cc2)ccn1.C[C-]=O.O.[B]=O.[Na+]. The van der Waals surface area contributed by atoms with Crippen LogP contribution in [-0.2, 0) is 57.8 Å². The molecule has 2 aromatic carbocycles. The Morgan fingerprint density at radius 3 is 1.45 bits per heavy atom. The number of hydrogen-bond acceptors (Lipinski definition) is 22. The molecule has 2 amide bonds. The first-order chi connectivity index (χ1) is 42.6. The molecule has 5 N–H and O–H groups in total. The maximum Gasteiger partial charge on any atom is 1.00 e. The van der Waals surface area contributed by atoms with E-state index in [-0.39, 0.29) is 74.6 Å². The second kappa shape index (κ2) is 38.5. The van der Waals surface area contributed by atoms with Crippen molar-refractivity contribution in [3.8, 4) is 11.4 Å². The van der Waals surface area contributed by atoms with Crippen molar-refractivity contribution in [3.05, 3.63) is 156 Å². The second-order valence-electron chi connectivity index (χ2n) is 19.1. The fourth-order valence-electron chi connectivity index (χ4n) is 8.53. The number of sulfone groups is 2. The summed E-state index contributed by atoms with van der Waals surface area (Å²) in [6.07, 6.45) is 16.5. The number of pyridine rings is 4. The summed E-state index contributed by atoms with van der Waals surface area (Å²) in [4.78, 5) is 84.7. The molecular formula is C58H65BF2N12NaO15S2. The Morgan fingerprint density at radius 1 is 0.681 bits per heavy atom. The number of carbonyl (C=O) groups is 5. The van der Waals surface area contributed by atoms with E-state index in [0.29, 0.717) is 82.3 Å². The molecule has 0 saturated carbocycles. The number of morpholine rings is 2. The molecule has 27 nitrogen and oxygen atoms in total. The Bertz CT molecular complexity index is 3900. The number of nitrogens with zero attached hydrogens (tertiary/aromatic N) is 9. The molecule has 2 atom stereocenters. The van der Waals surface area contributed by atoms with Gasteiger partial charge in [0.25, 0.3) is 11.8 Å². The molecular weight excluding hydrogens is 1240 g/mol. The average Bonchev–Trinajstić information content (AvgIpc) is 1.77. The molecule has 0 aliphatic carbocycles. The van der Waals surface area contributed by atoms with E-state index < -0.39 is 49.6 Å². The minimum atomic E-state index is -3.57. The molecule has 2 fully saturated rings. The van der Waals surface area contributed by atoms with Crippen LogP contribution in [0.1, 0.15) is 77.5 Å². The van der Waals surface area contributed by atoms with Crippen LogP contribution in [0.4, 0.5) is 8.78 Å². The van der Waals surface area contributed by atoms with Crippen LogP contribution in [-0.4, -0.2) is 182 Å². The molecule has 0 bridgehead atoms. The van der Waals surface area contributed by atoms with E-state index in [4.69, 9.17) is 19.0 Å². The van der Waals surface area contributed by atoms with Crippen LogP contribution in [0.2, 0.25) is 0 Å². The van der Waals surface area contributed by atoms with Gasteiger partial charge < -0.3 is 45.2 Å². The van der Waals surface area contributed by atoms with E-state index in [1.807, 2.05) is 0 Å². The van der Waals surface area contributed by atoms with Crippen LogP contribution in [0.3, 0.4) is 0 Å². The molecule has 2 aliphatic rings. The summed E-state index contributed by atoms with van der Waals surface area (Å²) in [5.41, 5.74) is 3.96. The van der Waals surface area contributed by atoms with Crippen LogP contribution >= 0.6 is 0 Å². The fraction of sp³-hybridized carbons (Fsp3) is 0.310. The zero-order valence-corrected chi connectivity index (χ0v) is 54.1. The number of ether oxygens (including phenoxy) is 3. The van der Waals surface area contributed by atoms with Crippen molar-refractivity contribution in [3.63, 3.8) is 0 Å². The van der Waals surface area contributed by atoms with Crippen LogP contribution in [0, 0.1) is 11.6 Å². The fourth-order valence-corrected chi connectivity index (χ4v) is 9.74. The number of amides is 2. The van der Waals surface area contributed by atoms with Crippen molar-refractivity contribution in [2.24, 2.45) is 0 Å². The van der Waals surface area contributed by atoms with Gasteiger partial charge in [-0.2, -0.15) is 17.1 Å². The number of rotatable bonds is 15. The standard InChI is InChI=1S/C26H27FN6O4S.C22H18FN5O4S.C4H9NO.C4H6O3.C2H3O.BO.Na.H2O/c1-38(35,36)25-14-18(6-8-29-25)23(7-9-32-10-12-37-13-11-32)31-26(34)22-15-28-17-24-21(22)16-30-33(24)20-4-2-19(27)3-5-20;1-33(31,32)21-10-14(6-8-25-21)19(7-9-29)27-22(30)18-11-24-13-20-17(18)12-26-28(20)16-4-2-15(23)3-5-16;1-3-6-4-2-5-1;1-3(5)7-4(2)6;1-2-3;1-2;;/h2-6,8,14-17,23H,7,9-13H2,1H3,(H,31,34);2-6,8-13,19H,7H2,1H3,(H,27,30);5H,1-4H2;1-2H3;1H3;;;1H2/q;;;;-1;;+1;/t23-;19-;;;;;;/m00....../s1. The predicted octanol–water partition coefficient (Wildman–Crippen LogP) is 0.468. The first-order valence-electron chi connectivity index (χ1n) is 26.9. The van der Waals surface area contributed by atoms with Crippen LogP contribution in [0.5, 0.6) is 0 Å². The quantitative estimate of drug-likeness (QED) is 0.0413. The van der Waals surface area contributed by atoms with Crippen molar-refractivity contribution < 1.29 is 108 Å². The van der Waals surface area contributed by atoms with Crippen LogP contribution < -0.4 is 45.5 Å². The van der Waals surface area contributed by atoms with Crippen molar-refractivity contribution in [1.82, 2.24) is 60.3 Å². The molecule has 33 heteroatoms. The number of aromatic nitrogens is 8. The molecule has 2 aliphatic heterocycles. The summed E-state index contributed by atoms with van der Waals surface area (Å²) in [6.45, 7) is 11.1. The zero-order chi connectivity index (χ0) is 65.1. The molecule has 0 unspecified atom stereocenters. The van der Waals surface area contributed by atoms with Crippen molar-refractivity contribution in [2.75, 3.05) is 71.7 Å². The largest absolute Gasteiger partial charge is 1.00 e. The Labute approximate surface area is 545 Å². The molecule has 91 heavy (non-hydrogen) atoms. The zero-order valence-electron chi connectivity index (χ0n) is 50.4. The smallest absolute Gasteiger partial charge is 1.00 e. The second-order valence-corrected chi connectivity index (χ2v) is 23.0. The van der Waals surface area contributed by atoms with Crippen LogP contribution in [0.15, 0.2) is 132 Å². The number of carbonyl (C=O) groups excluding carboxylic acids is 6. The van der Waals surface area contributed by atoms with Gasteiger partial charge >= 0.3 is 53.9 Å². The minimum Gasteiger partial charge on any atom is 1.00 e. The number of halogens is 2. The van der Waals surface area contributed by atoms with E-state index in [0.717, 1.165) is 51.9 Å². The normalized spacial score (nSPS) is 13.3. The third kappa shape index (κ3) is 23.9. The summed E-state index contributed by atoms with van der Waals surface area (Å²) < 4.78 is 99.9. The van der Waals surface area contributed by atoms with Gasteiger partial charge in [0.05, 0.1) is 96.8 Å². The van der Waals surface area contributed by atoms with Gasteiger partial charge in [0.15, 0.2) is 29.7 Å². The first kappa shape index (κ1) is 77.1. The molecule has 477 valence electrons. The third-order valence-electron chi connectivity index (χ3n) is 12.6. The topological polar surface area (TPSA) is 373 Å². The van der Waals surface area contributed by atoms with Crippen molar-refractivity contribution in [1.29, 1.82) is 0 Å². The Morgan fingerprint density at radius 2 is 1.09 bits per heavy atom. The van der Waals surface area contributed by atoms with E-state index in [2.05, 4.69) is 63.4 Å². The number of hydrogen-bond donors (Lipinski definition) is 3. The molecule has 6 aromatic heterocycles. The van der Waals surface area contributed by atoms with Gasteiger partial charge in [-0.1, -0.05) is 0 Å². The van der Waals surface area contributed by atoms with Gasteiger partial charge in [0.1, 0.15) is 17.9 Å². The average molecular weight is 1310 g/mol. The van der Waals surface area contributed by atoms with Gasteiger partial charge in [-0.3, -0.25) is 40.3 Å². The van der Waals surface area contributed by atoms with Gasteiger partial charge in [0.2, 0.25) is 0 Å². The number of benzene rings is 2. The molecule has 0 spiro atoms. The van der Waals surface area contributed by atoms with E-state index in [1.54, 1.807) is 47.4 Å². The number of esters is 2. The maximum atomic E-state index is 13.6. The van der Waals surface area contributed by atoms with Crippen molar-refractivity contribution >= 4 is 85.5 Å². The Kier molecular flexibility index (Phi) is 32.6. The number of aldehydes is 1. The number of nitrogens with one attached hydrogen (secondary N) is 3. The monoisotopic (exact) mass is 1310 g/mol. The molecule has 8 aromatic rings. The summed E-state index contributed by atoms with van der Waals surface area (Å²) >= 11 is 0. The van der Waals surface area contributed by atoms with Gasteiger partial charge in [-0.15, -0.1) is 0 Å². The first-order valence-corrected chi connectivity index (χ1v) is 30.7. The van der Waals surface area contributed by atoms with Gasteiger partial charge in [-0.25, -0.2) is 44.9 Å². The Hall–Kier alpha value is -8.18. The minimum absolute atomic E-state index is 0. The van der Waals surface area contributed by atoms with Crippen molar-refractivity contribution in [2.45, 2.75) is 55.7 Å². The molecule has 10 rings (SSSR count). The third-order valence-corrected chi connectivity index (χ3v) is 14.6. The summed E-state index contributed by atoms with van der Waals surface area (Å²) in [6, 6.07) is 16.4. The molecule has 8 heterocycles. The summed E-state index contributed by atoms with van der Waals surface area (Å²) in [7, 11) is -3.84. The predicted molar refractivity (Wildman–Crippen MR) is 323 cm³/mol. The maximum absolute atomic E-state index is 13.6. The summed E-state index contributed by atoms with van der Waals surface area (Å²) in [5.74, 6) is -2.76. The summed E-state index contributed by atoms with van der Waals surface area (Å²) in [5, 5.41) is 18.6. The molecule has 1 radical (unpaired) electrons. The van der Waals surface area contributed by atoms with E-state index >= 15 is 0 Å². The van der Waals surface area contributed by atoms with Gasteiger partial charge in [0, 0.05) is 101 Å². The Balaban J connectivity index is 0.000000369. The van der Waals surface area contributed by atoms with Gasteiger partial charge in [-0.05, 0) is 90.3 Å². The van der Waals surface area contributed by atoms with E-state index in [1.165, 1.54) is 111 Å². The number of fused-ring (bicyclic) bond motifs is 2.